The van der Waals surface area contributed by atoms with Gasteiger partial charge in [-0.15, -0.1) is 0 Å². The third-order valence-corrected chi connectivity index (χ3v) is 14.3. The minimum Gasteiger partial charge on any atom is -0.462 e. The van der Waals surface area contributed by atoms with E-state index in [2.05, 4.69) is 167 Å². The Morgan fingerprint density at radius 2 is 0.470 bits per heavy atom. The van der Waals surface area contributed by atoms with Gasteiger partial charge in [-0.05, 0) is 122 Å². The Balaban J connectivity index is 4.34. The summed E-state index contributed by atoms with van der Waals surface area (Å²) in [6.45, 7) is 6.40. The van der Waals surface area contributed by atoms with E-state index in [1.54, 1.807) is 0 Å². The summed E-state index contributed by atoms with van der Waals surface area (Å²) in [5, 5.41) is 0. The van der Waals surface area contributed by atoms with Crippen LogP contribution in [0.3, 0.4) is 0 Å². The summed E-state index contributed by atoms with van der Waals surface area (Å²) < 4.78 is 16.9. The number of carbonyl (C=O) groups is 3. The molecular weight excluding hydrogens is 1020 g/mol. The van der Waals surface area contributed by atoms with Gasteiger partial charge in [-0.2, -0.15) is 0 Å². The van der Waals surface area contributed by atoms with Crippen LogP contribution >= 0.6 is 0 Å². The largest absolute Gasteiger partial charge is 0.462 e. The van der Waals surface area contributed by atoms with Gasteiger partial charge in [0.1, 0.15) is 13.2 Å². The third-order valence-electron chi connectivity index (χ3n) is 14.3. The van der Waals surface area contributed by atoms with E-state index in [1.807, 2.05) is 0 Å². The van der Waals surface area contributed by atoms with E-state index in [0.717, 1.165) is 154 Å². The maximum Gasteiger partial charge on any atom is 0.306 e. The molecule has 0 amide bonds. The minimum absolute atomic E-state index is 0.0919. The minimum atomic E-state index is -0.799. The van der Waals surface area contributed by atoms with Gasteiger partial charge in [0.2, 0.25) is 0 Å². The van der Waals surface area contributed by atoms with Crippen molar-refractivity contribution in [2.24, 2.45) is 0 Å². The molecule has 0 radical (unpaired) electrons. The molecule has 6 heteroatoms. The first kappa shape index (κ1) is 78.3. The van der Waals surface area contributed by atoms with Gasteiger partial charge >= 0.3 is 17.9 Å². The van der Waals surface area contributed by atoms with Crippen LogP contribution in [0.2, 0.25) is 0 Å². The Bertz CT molecular complexity index is 1800. The maximum atomic E-state index is 12.9. The zero-order chi connectivity index (χ0) is 59.9. The summed E-state index contributed by atoms with van der Waals surface area (Å²) in [4.78, 5) is 38.4. The van der Waals surface area contributed by atoms with Crippen molar-refractivity contribution in [3.63, 3.8) is 0 Å². The monoisotopic (exact) mass is 1150 g/mol. The predicted molar refractivity (Wildman–Crippen MR) is 362 cm³/mol. The molecule has 0 spiro atoms. The van der Waals surface area contributed by atoms with Crippen molar-refractivity contribution in [2.45, 2.75) is 309 Å². The van der Waals surface area contributed by atoms with Crippen LogP contribution in [0.25, 0.3) is 0 Å². The Morgan fingerprint density at radius 3 is 0.735 bits per heavy atom. The molecule has 470 valence electrons. The van der Waals surface area contributed by atoms with E-state index in [0.29, 0.717) is 19.3 Å². The van der Waals surface area contributed by atoms with Crippen molar-refractivity contribution in [2.75, 3.05) is 13.2 Å². The molecule has 6 nitrogen and oxygen atoms in total. The lowest BCUT2D eigenvalue weighted by atomic mass is 10.0. The van der Waals surface area contributed by atoms with Gasteiger partial charge in [-0.25, -0.2) is 0 Å². The van der Waals surface area contributed by atoms with Gasteiger partial charge in [-0.3, -0.25) is 14.4 Å². The molecule has 0 bridgehead atoms. The first-order valence-corrected chi connectivity index (χ1v) is 34.3. The van der Waals surface area contributed by atoms with Gasteiger partial charge in [0.15, 0.2) is 6.10 Å². The molecule has 0 N–H and O–H groups in total. The van der Waals surface area contributed by atoms with Gasteiger partial charge in [-0.1, -0.05) is 308 Å². The molecule has 1 atom stereocenters. The van der Waals surface area contributed by atoms with Crippen molar-refractivity contribution >= 4 is 17.9 Å². The number of unbranched alkanes of at least 4 members (excludes halogenated alkanes) is 26. The molecule has 83 heavy (non-hydrogen) atoms. The molecule has 0 aromatic carbocycles. The zero-order valence-corrected chi connectivity index (χ0v) is 53.9. The summed E-state index contributed by atoms with van der Waals surface area (Å²) in [6, 6.07) is 0. The third kappa shape index (κ3) is 68.0. The molecule has 0 aliphatic carbocycles. The molecule has 0 rings (SSSR count). The SMILES string of the molecule is CC/C=C\C/C=C\C/C=C\C/C=C\C/C=C\C/C=C\C/C=C\C/C=C\CCCCCCCCCCC(=O)OCC(COC(=O)CCCCCCCCCCCCCCCCC)OC(=O)CCCCCC/C=C\C/C=C\C/C=C\C/C=C\CC. The lowest BCUT2D eigenvalue weighted by molar-refractivity contribution is -0.167. The first-order valence-electron chi connectivity index (χ1n) is 34.3. The van der Waals surface area contributed by atoms with Crippen molar-refractivity contribution in [3.8, 4) is 0 Å². The molecule has 0 aliphatic heterocycles. The number of ether oxygens (including phenoxy) is 3. The van der Waals surface area contributed by atoms with E-state index in [-0.39, 0.29) is 31.1 Å². The molecule has 0 aromatic rings. The smallest absolute Gasteiger partial charge is 0.306 e. The average Bonchev–Trinajstić information content (AvgIpc) is 3.49. The van der Waals surface area contributed by atoms with E-state index in [1.165, 1.54) is 109 Å². The van der Waals surface area contributed by atoms with Crippen LogP contribution in [-0.2, 0) is 28.6 Å². The summed E-state index contributed by atoms with van der Waals surface area (Å²) in [7, 11) is 0. The van der Waals surface area contributed by atoms with E-state index in [4.69, 9.17) is 14.2 Å². The molecule has 0 heterocycles. The van der Waals surface area contributed by atoms with Crippen LogP contribution in [0.15, 0.2) is 146 Å². The highest BCUT2D eigenvalue weighted by atomic mass is 16.6. The fourth-order valence-electron chi connectivity index (χ4n) is 9.27. The fourth-order valence-corrected chi connectivity index (χ4v) is 9.27. The second-order valence-electron chi connectivity index (χ2n) is 22.3. The van der Waals surface area contributed by atoms with Crippen LogP contribution in [-0.4, -0.2) is 37.2 Å². The highest BCUT2D eigenvalue weighted by Gasteiger charge is 2.19. The Morgan fingerprint density at radius 1 is 0.253 bits per heavy atom. The summed E-state index contributed by atoms with van der Waals surface area (Å²) in [6.07, 6.45) is 100. The maximum absolute atomic E-state index is 12.9. The van der Waals surface area contributed by atoms with Crippen molar-refractivity contribution in [1.29, 1.82) is 0 Å². The van der Waals surface area contributed by atoms with Gasteiger partial charge in [0.05, 0.1) is 0 Å². The Kier molecular flexibility index (Phi) is 65.8. The highest BCUT2D eigenvalue weighted by Crippen LogP contribution is 2.16. The second kappa shape index (κ2) is 69.8. The summed E-state index contributed by atoms with van der Waals surface area (Å²) in [5.41, 5.74) is 0. The van der Waals surface area contributed by atoms with Crippen LogP contribution < -0.4 is 0 Å². The normalized spacial score (nSPS) is 13.0. The number of allylic oxidation sites excluding steroid dienone is 24. The van der Waals surface area contributed by atoms with Crippen molar-refractivity contribution in [1.82, 2.24) is 0 Å². The van der Waals surface area contributed by atoms with Crippen LogP contribution in [0.5, 0.6) is 0 Å². The Labute approximate surface area is 512 Å². The molecule has 0 saturated heterocycles. The lowest BCUT2D eigenvalue weighted by Gasteiger charge is -2.18. The first-order chi connectivity index (χ1) is 41.0. The number of hydrogen-bond acceptors (Lipinski definition) is 6. The number of esters is 3. The van der Waals surface area contributed by atoms with Crippen molar-refractivity contribution in [3.05, 3.63) is 146 Å². The molecular formula is C77H126O6. The van der Waals surface area contributed by atoms with Gasteiger partial charge in [0, 0.05) is 19.3 Å². The van der Waals surface area contributed by atoms with Crippen molar-refractivity contribution < 1.29 is 28.6 Å². The molecule has 0 saturated carbocycles. The molecule has 0 aliphatic rings. The predicted octanol–water partition coefficient (Wildman–Crippen LogP) is 23.9. The quantitative estimate of drug-likeness (QED) is 0.0261. The fraction of sp³-hybridized carbons (Fsp3) is 0.649. The second-order valence-corrected chi connectivity index (χ2v) is 22.3. The van der Waals surface area contributed by atoms with Crippen LogP contribution in [0.4, 0.5) is 0 Å². The van der Waals surface area contributed by atoms with Crippen LogP contribution in [0.1, 0.15) is 303 Å². The van der Waals surface area contributed by atoms with Gasteiger partial charge < -0.3 is 14.2 Å². The number of rotatable bonds is 61. The lowest BCUT2D eigenvalue weighted by Crippen LogP contribution is -2.30. The van der Waals surface area contributed by atoms with E-state index >= 15 is 0 Å². The van der Waals surface area contributed by atoms with E-state index < -0.39 is 6.10 Å². The summed E-state index contributed by atoms with van der Waals surface area (Å²) in [5.74, 6) is -0.919. The van der Waals surface area contributed by atoms with E-state index in [9.17, 15) is 14.4 Å². The highest BCUT2D eigenvalue weighted by molar-refractivity contribution is 5.71. The average molecular weight is 1150 g/mol. The summed E-state index contributed by atoms with van der Waals surface area (Å²) >= 11 is 0. The Hall–Kier alpha value is -4.71. The molecule has 1 unspecified atom stereocenters. The number of hydrogen-bond donors (Lipinski definition) is 0. The molecule has 0 aromatic heterocycles. The topological polar surface area (TPSA) is 78.9 Å². The van der Waals surface area contributed by atoms with Gasteiger partial charge in [0.25, 0.3) is 0 Å². The van der Waals surface area contributed by atoms with Crippen LogP contribution in [0, 0.1) is 0 Å². The standard InChI is InChI=1S/C77H126O6/c1-4-7-10-13-16-19-22-25-28-30-31-32-33-34-35-36-37-38-39-40-41-42-43-44-45-47-49-52-55-58-61-64-67-70-76(79)82-73-74(72-81-75(78)69-66-63-60-57-54-51-48-27-24-21-18-15-12-9-6-3)83-77(80)71-68-65-62-59-56-53-50-46-29-26-23-20-17-14-11-8-5-2/h7-8,10-11,16-17,19-20,25-26,28-29,31-32,34-35,37-38,40-41,43-44,50,53,74H,4-6,9,12-15,18,21-24,27,30,33,36,39,42,45-49,51-52,54-73H2,1-3H3/b10-7-,11-8-,19-16-,20-17-,28-25-,29-26-,32-31-,35-34-,38-37-,41-40-,44-43-,53-50-. The molecule has 0 fully saturated rings. The zero-order valence-electron chi connectivity index (χ0n) is 53.9. The number of carbonyl (C=O) groups excluding carboxylic acids is 3.